The molecule has 0 spiro atoms. The Morgan fingerprint density at radius 3 is 2.74 bits per heavy atom. The highest BCUT2D eigenvalue weighted by Gasteiger charge is 2.14. The molecule has 0 saturated carbocycles. The van der Waals surface area contributed by atoms with Gasteiger partial charge in [-0.05, 0) is 25.1 Å². The van der Waals surface area contributed by atoms with Crippen LogP contribution in [0.4, 0.5) is 5.69 Å². The van der Waals surface area contributed by atoms with Crippen molar-refractivity contribution in [2.75, 3.05) is 4.90 Å². The minimum absolute atomic E-state index is 0.0738. The first-order chi connectivity index (χ1) is 11.2. The van der Waals surface area contributed by atoms with E-state index >= 15 is 0 Å². The van der Waals surface area contributed by atoms with Gasteiger partial charge in [0.2, 0.25) is 0 Å². The first kappa shape index (κ1) is 15.6. The molecule has 2 aromatic heterocycles. The highest BCUT2D eigenvalue weighted by atomic mass is 32.1. The van der Waals surface area contributed by atoms with Gasteiger partial charge in [-0.3, -0.25) is 4.79 Å². The second-order valence-electron chi connectivity index (χ2n) is 4.85. The van der Waals surface area contributed by atoms with E-state index in [9.17, 15) is 4.79 Å². The zero-order valence-corrected chi connectivity index (χ0v) is 14.2. The first-order valence-electron chi connectivity index (χ1n) is 7.06. The normalized spacial score (nSPS) is 11.0. The largest absolute Gasteiger partial charge is 0.303 e. The van der Waals surface area contributed by atoms with Gasteiger partial charge in [0.25, 0.3) is 5.91 Å². The third-order valence-corrected chi connectivity index (χ3v) is 4.68. The summed E-state index contributed by atoms with van der Waals surface area (Å²) in [6.07, 6.45) is 5.17. The maximum atomic E-state index is 12.6. The summed E-state index contributed by atoms with van der Waals surface area (Å²) in [5.41, 5.74) is 3.52. The topological polar surface area (TPSA) is 46.1 Å². The molecule has 0 aliphatic carbocycles. The molecule has 0 radical (unpaired) electrons. The van der Waals surface area contributed by atoms with Crippen molar-refractivity contribution in [1.29, 1.82) is 0 Å². The predicted molar refractivity (Wildman–Crippen MR) is 95.6 cm³/mol. The molecule has 0 saturated heterocycles. The quantitative estimate of drug-likeness (QED) is 0.655. The van der Waals surface area contributed by atoms with Crippen LogP contribution < -0.4 is 4.90 Å². The van der Waals surface area contributed by atoms with Gasteiger partial charge < -0.3 is 4.90 Å². The molecule has 0 aliphatic heterocycles. The van der Waals surface area contributed by atoms with Gasteiger partial charge in [-0.1, -0.05) is 18.2 Å². The Morgan fingerprint density at radius 2 is 2.09 bits per heavy atom. The van der Waals surface area contributed by atoms with E-state index < -0.39 is 0 Å². The van der Waals surface area contributed by atoms with Crippen LogP contribution in [0.1, 0.15) is 15.6 Å². The summed E-state index contributed by atoms with van der Waals surface area (Å²) in [4.78, 5) is 23.8. The molecular formula is C17H15N3OS2. The molecular weight excluding hydrogens is 326 g/mol. The van der Waals surface area contributed by atoms with Gasteiger partial charge in [0.1, 0.15) is 0 Å². The Bertz CT molecular complexity index is 794. The van der Waals surface area contributed by atoms with Crippen molar-refractivity contribution >= 4 is 40.3 Å². The van der Waals surface area contributed by atoms with Crippen molar-refractivity contribution in [3.63, 3.8) is 0 Å². The third kappa shape index (κ3) is 4.12. The molecule has 23 heavy (non-hydrogen) atoms. The number of hydrogen-bond acceptors (Lipinski definition) is 5. The summed E-state index contributed by atoms with van der Waals surface area (Å²) < 4.78 is 0. The van der Waals surface area contributed by atoms with E-state index in [0.717, 1.165) is 21.3 Å². The van der Waals surface area contributed by atoms with Crippen LogP contribution >= 0.6 is 22.7 Å². The molecule has 0 N–H and O–H groups in total. The number of anilines is 1. The van der Waals surface area contributed by atoms with E-state index in [1.807, 2.05) is 48.7 Å². The monoisotopic (exact) mass is 341 g/mol. The average molecular weight is 341 g/mol. The molecule has 3 aromatic rings. The number of nitrogens with zero attached hydrogens (tertiary/aromatic N) is 3. The summed E-state index contributed by atoms with van der Waals surface area (Å²) in [7, 11) is 0. The maximum absolute atomic E-state index is 12.6. The SMILES string of the molecule is Cc1ncc(/C=C/C(=O)N(Cc2cscn2)c2ccccc2)s1. The van der Waals surface area contributed by atoms with Gasteiger partial charge in [-0.25, -0.2) is 9.97 Å². The second-order valence-corrected chi connectivity index (χ2v) is 6.84. The van der Waals surface area contributed by atoms with Crippen molar-refractivity contribution in [2.45, 2.75) is 13.5 Å². The number of amides is 1. The summed E-state index contributed by atoms with van der Waals surface area (Å²) in [5, 5.41) is 2.94. The fourth-order valence-electron chi connectivity index (χ4n) is 2.08. The van der Waals surface area contributed by atoms with E-state index in [2.05, 4.69) is 9.97 Å². The van der Waals surface area contributed by atoms with Gasteiger partial charge in [0.05, 0.1) is 22.8 Å². The smallest absolute Gasteiger partial charge is 0.251 e. The van der Waals surface area contributed by atoms with E-state index in [4.69, 9.17) is 0 Å². The first-order valence-corrected chi connectivity index (χ1v) is 8.82. The average Bonchev–Trinajstić information content (AvgIpc) is 3.23. The minimum atomic E-state index is -0.0738. The van der Waals surface area contributed by atoms with Crippen molar-refractivity contribution in [3.05, 3.63) is 69.1 Å². The lowest BCUT2D eigenvalue weighted by Crippen LogP contribution is -2.28. The summed E-state index contributed by atoms with van der Waals surface area (Å²) in [6.45, 7) is 2.40. The number of rotatable bonds is 5. The van der Waals surface area contributed by atoms with E-state index in [1.165, 1.54) is 11.3 Å². The standard InChI is InChI=1S/C17H15N3OS2/c1-13-18-9-16(23-13)7-8-17(21)20(10-14-11-22-12-19-14)15-5-3-2-4-6-15/h2-9,11-12H,10H2,1H3/b8-7+. The van der Waals surface area contributed by atoms with E-state index in [0.29, 0.717) is 6.54 Å². The Kier molecular flexibility index (Phi) is 4.95. The Labute approximate surface area is 142 Å². The van der Waals surface area contributed by atoms with Crippen LogP contribution in [-0.4, -0.2) is 15.9 Å². The molecule has 116 valence electrons. The van der Waals surface area contributed by atoms with Crippen LogP contribution in [0.5, 0.6) is 0 Å². The lowest BCUT2D eigenvalue weighted by molar-refractivity contribution is -0.114. The predicted octanol–water partition coefficient (Wildman–Crippen LogP) is 4.15. The molecule has 4 nitrogen and oxygen atoms in total. The van der Waals surface area contributed by atoms with Crippen molar-refractivity contribution in [2.24, 2.45) is 0 Å². The molecule has 6 heteroatoms. The summed E-state index contributed by atoms with van der Waals surface area (Å²) in [6, 6.07) is 9.63. The van der Waals surface area contributed by atoms with Crippen molar-refractivity contribution in [1.82, 2.24) is 9.97 Å². The summed E-state index contributed by atoms with van der Waals surface area (Å²) >= 11 is 3.09. The fourth-order valence-corrected chi connectivity index (χ4v) is 3.32. The Balaban J connectivity index is 1.82. The molecule has 1 aromatic carbocycles. The number of carbonyl (C=O) groups is 1. The minimum Gasteiger partial charge on any atom is -0.303 e. The van der Waals surface area contributed by atoms with Crippen LogP contribution in [0.2, 0.25) is 0 Å². The molecule has 0 unspecified atom stereocenters. The second kappa shape index (κ2) is 7.30. The molecule has 0 atom stereocenters. The highest BCUT2D eigenvalue weighted by molar-refractivity contribution is 7.12. The summed E-state index contributed by atoms with van der Waals surface area (Å²) in [5.74, 6) is -0.0738. The van der Waals surface area contributed by atoms with Gasteiger partial charge in [0, 0.05) is 28.2 Å². The molecule has 3 rings (SSSR count). The number of aromatic nitrogens is 2. The third-order valence-electron chi connectivity index (χ3n) is 3.17. The molecule has 0 fully saturated rings. The number of aryl methyl sites for hydroxylation is 1. The zero-order chi connectivity index (χ0) is 16.1. The molecule has 1 amide bonds. The van der Waals surface area contributed by atoms with Crippen molar-refractivity contribution in [3.8, 4) is 0 Å². The Hall–Kier alpha value is -2.31. The lowest BCUT2D eigenvalue weighted by atomic mass is 10.2. The van der Waals surface area contributed by atoms with Crippen LogP contribution in [0.25, 0.3) is 6.08 Å². The number of para-hydroxylation sites is 1. The number of benzene rings is 1. The number of hydrogen-bond donors (Lipinski definition) is 0. The lowest BCUT2D eigenvalue weighted by Gasteiger charge is -2.20. The van der Waals surface area contributed by atoms with Gasteiger partial charge in [0.15, 0.2) is 0 Å². The molecule has 0 bridgehead atoms. The van der Waals surface area contributed by atoms with E-state index in [-0.39, 0.29) is 5.91 Å². The number of thiazole rings is 2. The zero-order valence-electron chi connectivity index (χ0n) is 12.5. The van der Waals surface area contributed by atoms with Gasteiger partial charge >= 0.3 is 0 Å². The van der Waals surface area contributed by atoms with Gasteiger partial charge in [-0.15, -0.1) is 22.7 Å². The van der Waals surface area contributed by atoms with Gasteiger partial charge in [-0.2, -0.15) is 0 Å². The fraction of sp³-hybridized carbons (Fsp3) is 0.118. The van der Waals surface area contributed by atoms with Crippen LogP contribution in [-0.2, 0) is 11.3 Å². The molecule has 2 heterocycles. The Morgan fingerprint density at radius 1 is 1.26 bits per heavy atom. The van der Waals surface area contributed by atoms with Crippen LogP contribution in [0, 0.1) is 6.92 Å². The highest BCUT2D eigenvalue weighted by Crippen LogP contribution is 2.19. The molecule has 0 aliphatic rings. The van der Waals surface area contributed by atoms with Crippen LogP contribution in [0.3, 0.4) is 0 Å². The van der Waals surface area contributed by atoms with E-state index in [1.54, 1.807) is 34.0 Å². The van der Waals surface area contributed by atoms with Crippen molar-refractivity contribution < 1.29 is 4.79 Å². The van der Waals surface area contributed by atoms with Crippen LogP contribution in [0.15, 0.2) is 53.5 Å². The maximum Gasteiger partial charge on any atom is 0.251 e. The number of carbonyl (C=O) groups excluding carboxylic acids is 1.